The molecule has 0 spiro atoms. The smallest absolute Gasteiger partial charge is 0.269 e. The van der Waals surface area contributed by atoms with Gasteiger partial charge in [-0.3, -0.25) is 10.1 Å². The highest BCUT2D eigenvalue weighted by atomic mass is 16.6. The van der Waals surface area contributed by atoms with Gasteiger partial charge in [-0.1, -0.05) is 17.3 Å². The van der Waals surface area contributed by atoms with Gasteiger partial charge in [-0.15, -0.1) is 5.10 Å². The lowest BCUT2D eigenvalue weighted by Gasteiger charge is -2.14. The summed E-state index contributed by atoms with van der Waals surface area (Å²) in [6, 6.07) is 12.9. The first-order valence-corrected chi connectivity index (χ1v) is 8.75. The number of benzene rings is 2. The summed E-state index contributed by atoms with van der Waals surface area (Å²) in [5.74, 6) is 1.62. The van der Waals surface area contributed by atoms with Gasteiger partial charge in [0.25, 0.3) is 5.69 Å². The Hall–Kier alpha value is -3.66. The second kappa shape index (κ2) is 9.51. The lowest BCUT2D eigenvalue weighted by atomic mass is 10.3. The van der Waals surface area contributed by atoms with Crippen molar-refractivity contribution in [3.05, 3.63) is 70.5 Å². The van der Waals surface area contributed by atoms with Crippen LogP contribution < -0.4 is 14.2 Å². The van der Waals surface area contributed by atoms with Crippen molar-refractivity contribution in [2.75, 3.05) is 13.7 Å². The zero-order chi connectivity index (χ0) is 20.6. The summed E-state index contributed by atoms with van der Waals surface area (Å²) in [4.78, 5) is 10.2. The van der Waals surface area contributed by atoms with E-state index in [-0.39, 0.29) is 25.4 Å². The predicted octanol–water partition coefficient (Wildman–Crippen LogP) is 2.21. The molecule has 0 amide bonds. The minimum atomic E-state index is -0.801. The molecule has 0 aliphatic rings. The number of ether oxygens (including phenoxy) is 3. The van der Waals surface area contributed by atoms with Crippen LogP contribution in [-0.2, 0) is 13.2 Å². The average Bonchev–Trinajstić information content (AvgIpc) is 3.18. The number of para-hydroxylation sites is 2. The summed E-state index contributed by atoms with van der Waals surface area (Å²) in [6.07, 6.45) is 0.850. The van der Waals surface area contributed by atoms with Gasteiger partial charge in [0.1, 0.15) is 30.8 Å². The maximum atomic E-state index is 10.6. The third-order valence-electron chi connectivity index (χ3n) is 3.92. The molecule has 1 unspecified atom stereocenters. The third-order valence-corrected chi connectivity index (χ3v) is 3.92. The highest BCUT2D eigenvalue weighted by molar-refractivity contribution is 5.39. The zero-order valence-corrected chi connectivity index (χ0v) is 15.7. The van der Waals surface area contributed by atoms with Crippen LogP contribution in [-0.4, -0.2) is 44.8 Å². The molecule has 0 saturated carbocycles. The van der Waals surface area contributed by atoms with Crippen LogP contribution in [0.1, 0.15) is 5.69 Å². The van der Waals surface area contributed by atoms with Gasteiger partial charge < -0.3 is 19.3 Å². The summed E-state index contributed by atoms with van der Waals surface area (Å²) in [5.41, 5.74) is 0.550. The van der Waals surface area contributed by atoms with Crippen LogP contribution in [0.5, 0.6) is 17.2 Å². The molecule has 0 aliphatic heterocycles. The van der Waals surface area contributed by atoms with Crippen molar-refractivity contribution < 1.29 is 24.2 Å². The monoisotopic (exact) mass is 400 g/mol. The van der Waals surface area contributed by atoms with Crippen LogP contribution in [0.15, 0.2) is 54.7 Å². The second-order valence-electron chi connectivity index (χ2n) is 6.09. The van der Waals surface area contributed by atoms with Gasteiger partial charge in [-0.05, 0) is 24.3 Å². The van der Waals surface area contributed by atoms with Crippen molar-refractivity contribution in [1.29, 1.82) is 0 Å². The van der Waals surface area contributed by atoms with E-state index in [1.165, 1.54) is 28.9 Å². The van der Waals surface area contributed by atoms with Gasteiger partial charge in [0.15, 0.2) is 11.5 Å². The Morgan fingerprint density at radius 2 is 1.86 bits per heavy atom. The van der Waals surface area contributed by atoms with E-state index in [0.717, 1.165) is 0 Å². The van der Waals surface area contributed by atoms with E-state index in [4.69, 9.17) is 14.2 Å². The second-order valence-corrected chi connectivity index (χ2v) is 6.09. The molecule has 0 radical (unpaired) electrons. The SMILES string of the molecule is COc1ccccc1OCC(O)Cn1cc(COc2ccc([N+](=O)[O-])cc2)nn1. The Morgan fingerprint density at radius 1 is 1.14 bits per heavy atom. The highest BCUT2D eigenvalue weighted by Gasteiger charge is 2.11. The Balaban J connectivity index is 1.47. The standard InChI is InChI=1S/C19H20N4O6/c1-27-18-4-2-3-5-19(18)29-13-16(24)11-22-10-14(20-21-22)12-28-17-8-6-15(7-9-17)23(25)26/h2-10,16,24H,11-13H2,1H3. The molecule has 0 fully saturated rings. The molecule has 1 N–H and O–H groups in total. The Bertz CT molecular complexity index is 944. The van der Waals surface area contributed by atoms with Crippen LogP contribution in [0.4, 0.5) is 5.69 Å². The summed E-state index contributed by atoms with van der Waals surface area (Å²) >= 11 is 0. The minimum Gasteiger partial charge on any atom is -0.493 e. The molecule has 3 rings (SSSR count). The number of nitro benzene ring substituents is 1. The largest absolute Gasteiger partial charge is 0.493 e. The molecule has 0 bridgehead atoms. The molecule has 1 atom stereocenters. The Morgan fingerprint density at radius 3 is 2.55 bits per heavy atom. The topological polar surface area (TPSA) is 122 Å². The number of aromatic nitrogens is 3. The van der Waals surface area contributed by atoms with Crippen molar-refractivity contribution >= 4 is 5.69 Å². The van der Waals surface area contributed by atoms with E-state index >= 15 is 0 Å². The van der Waals surface area contributed by atoms with E-state index in [1.54, 1.807) is 25.4 Å². The third kappa shape index (κ3) is 5.66. The molecule has 0 saturated heterocycles. The molecule has 3 aromatic rings. The van der Waals surface area contributed by atoms with Gasteiger partial charge in [0, 0.05) is 12.1 Å². The molecule has 2 aromatic carbocycles. The highest BCUT2D eigenvalue weighted by Crippen LogP contribution is 2.25. The molecule has 0 aliphatic carbocycles. The van der Waals surface area contributed by atoms with Crippen LogP contribution >= 0.6 is 0 Å². The summed E-state index contributed by atoms with van der Waals surface area (Å²) < 4.78 is 17.8. The number of hydrogen-bond donors (Lipinski definition) is 1. The molecule has 10 nitrogen and oxygen atoms in total. The Kier molecular flexibility index (Phi) is 6.59. The number of aliphatic hydroxyl groups excluding tert-OH is 1. The number of nitro groups is 1. The van der Waals surface area contributed by atoms with E-state index < -0.39 is 11.0 Å². The number of hydrogen-bond acceptors (Lipinski definition) is 8. The molecular formula is C19H20N4O6. The summed E-state index contributed by atoms with van der Waals surface area (Å²) in [6.45, 7) is 0.403. The predicted molar refractivity (Wildman–Crippen MR) is 102 cm³/mol. The van der Waals surface area contributed by atoms with Crippen molar-refractivity contribution in [3.63, 3.8) is 0 Å². The van der Waals surface area contributed by atoms with E-state index in [2.05, 4.69) is 10.3 Å². The van der Waals surface area contributed by atoms with Gasteiger partial charge >= 0.3 is 0 Å². The molecule has 1 heterocycles. The fourth-order valence-electron chi connectivity index (χ4n) is 2.51. The molecule has 10 heteroatoms. The zero-order valence-electron chi connectivity index (χ0n) is 15.7. The fourth-order valence-corrected chi connectivity index (χ4v) is 2.51. The number of non-ortho nitro benzene ring substituents is 1. The average molecular weight is 400 g/mol. The molecular weight excluding hydrogens is 380 g/mol. The normalized spacial score (nSPS) is 11.7. The van der Waals surface area contributed by atoms with E-state index in [1.807, 2.05) is 12.1 Å². The lowest BCUT2D eigenvalue weighted by Crippen LogP contribution is -2.24. The van der Waals surface area contributed by atoms with Crippen molar-refractivity contribution in [3.8, 4) is 17.2 Å². The van der Waals surface area contributed by atoms with Gasteiger partial charge in [0.05, 0.1) is 24.8 Å². The molecule has 29 heavy (non-hydrogen) atoms. The number of methoxy groups -OCH3 is 1. The summed E-state index contributed by atoms with van der Waals surface area (Å²) in [5, 5.41) is 28.8. The first kappa shape index (κ1) is 20.1. The van der Waals surface area contributed by atoms with Crippen molar-refractivity contribution in [1.82, 2.24) is 15.0 Å². The first-order chi connectivity index (χ1) is 14.0. The van der Waals surface area contributed by atoms with E-state index in [9.17, 15) is 15.2 Å². The minimum absolute atomic E-state index is 0.00683. The van der Waals surface area contributed by atoms with Gasteiger partial charge in [-0.2, -0.15) is 0 Å². The van der Waals surface area contributed by atoms with Crippen LogP contribution in [0.3, 0.4) is 0 Å². The summed E-state index contributed by atoms with van der Waals surface area (Å²) in [7, 11) is 1.55. The molecule has 1 aromatic heterocycles. The van der Waals surface area contributed by atoms with Gasteiger partial charge in [-0.25, -0.2) is 4.68 Å². The number of aliphatic hydroxyl groups is 1. The first-order valence-electron chi connectivity index (χ1n) is 8.75. The fraction of sp³-hybridized carbons (Fsp3) is 0.263. The van der Waals surface area contributed by atoms with Gasteiger partial charge in [0.2, 0.25) is 0 Å². The van der Waals surface area contributed by atoms with Crippen LogP contribution in [0.25, 0.3) is 0 Å². The van der Waals surface area contributed by atoms with Crippen molar-refractivity contribution in [2.45, 2.75) is 19.3 Å². The quantitative estimate of drug-likeness (QED) is 0.406. The van der Waals surface area contributed by atoms with E-state index in [0.29, 0.717) is 22.9 Å². The number of nitrogens with zero attached hydrogens (tertiary/aromatic N) is 4. The van der Waals surface area contributed by atoms with Crippen molar-refractivity contribution in [2.24, 2.45) is 0 Å². The Labute approximate surface area is 166 Å². The maximum Gasteiger partial charge on any atom is 0.269 e. The number of rotatable bonds is 10. The maximum absolute atomic E-state index is 10.6. The van der Waals surface area contributed by atoms with Crippen LogP contribution in [0, 0.1) is 10.1 Å². The lowest BCUT2D eigenvalue weighted by molar-refractivity contribution is -0.384. The van der Waals surface area contributed by atoms with Crippen LogP contribution in [0.2, 0.25) is 0 Å². The molecule has 152 valence electrons.